The van der Waals surface area contributed by atoms with Gasteiger partial charge in [-0.15, -0.1) is 0 Å². The summed E-state index contributed by atoms with van der Waals surface area (Å²) in [5.41, 5.74) is 1.21. The summed E-state index contributed by atoms with van der Waals surface area (Å²) < 4.78 is 5.31. The molecule has 1 aromatic rings. The molecule has 1 aromatic heterocycles. The molecule has 0 aliphatic rings. The summed E-state index contributed by atoms with van der Waals surface area (Å²) in [4.78, 5) is 4.11. The Morgan fingerprint density at radius 3 is 2.93 bits per heavy atom. The van der Waals surface area contributed by atoms with Crippen LogP contribution >= 0.6 is 0 Å². The summed E-state index contributed by atoms with van der Waals surface area (Å²) in [5, 5.41) is 3.35. The van der Waals surface area contributed by atoms with E-state index in [1.54, 1.807) is 6.20 Å². The predicted octanol–water partition coefficient (Wildman–Crippen LogP) is 1.98. The van der Waals surface area contributed by atoms with Crippen molar-refractivity contribution >= 4 is 0 Å². The number of ether oxygens (including phenoxy) is 1. The van der Waals surface area contributed by atoms with Crippen LogP contribution in [-0.2, 0) is 6.54 Å². The minimum absolute atomic E-state index is 0.499. The van der Waals surface area contributed by atoms with E-state index < -0.39 is 0 Å². The zero-order chi connectivity index (χ0) is 10.4. The molecule has 78 valence electrons. The largest absolute Gasteiger partial charge is 0.478 e. The molecule has 0 unspecified atom stereocenters. The molecule has 0 aromatic carbocycles. The first kappa shape index (κ1) is 11.0. The highest BCUT2D eigenvalue weighted by atomic mass is 16.5. The van der Waals surface area contributed by atoms with E-state index in [9.17, 15) is 0 Å². The van der Waals surface area contributed by atoms with E-state index in [0.717, 1.165) is 6.54 Å². The summed E-state index contributed by atoms with van der Waals surface area (Å²) in [7, 11) is 0. The molecular formula is C11H18N2O. The predicted molar refractivity (Wildman–Crippen MR) is 57.4 cm³/mol. The molecule has 3 heteroatoms. The molecule has 0 atom stereocenters. The molecule has 0 bridgehead atoms. The Bertz CT molecular complexity index is 274. The molecule has 0 spiro atoms. The van der Waals surface area contributed by atoms with Gasteiger partial charge >= 0.3 is 0 Å². The Balaban J connectivity index is 2.54. The molecule has 1 heterocycles. The van der Waals surface area contributed by atoms with E-state index in [0.29, 0.717) is 18.5 Å². The van der Waals surface area contributed by atoms with Crippen LogP contribution in [0.1, 0.15) is 26.3 Å². The standard InChI is InChI=1S/C11H18N2O/c1-4-14-11-7-10(5-6-12-11)8-13-9(2)3/h5-7,9,13H,4,8H2,1-3H3. The number of hydrogen-bond donors (Lipinski definition) is 1. The van der Waals surface area contributed by atoms with Crippen molar-refractivity contribution in [2.75, 3.05) is 6.61 Å². The fourth-order valence-electron chi connectivity index (χ4n) is 1.11. The van der Waals surface area contributed by atoms with Crippen molar-refractivity contribution in [2.24, 2.45) is 0 Å². The zero-order valence-corrected chi connectivity index (χ0v) is 9.08. The monoisotopic (exact) mass is 194 g/mol. The van der Waals surface area contributed by atoms with E-state index in [1.165, 1.54) is 5.56 Å². The Morgan fingerprint density at radius 1 is 1.50 bits per heavy atom. The number of rotatable bonds is 5. The number of pyridine rings is 1. The zero-order valence-electron chi connectivity index (χ0n) is 9.08. The Kier molecular flexibility index (Phi) is 4.40. The fourth-order valence-corrected chi connectivity index (χ4v) is 1.11. The van der Waals surface area contributed by atoms with Gasteiger partial charge in [-0.25, -0.2) is 4.98 Å². The lowest BCUT2D eigenvalue weighted by Crippen LogP contribution is -2.21. The molecule has 0 amide bonds. The van der Waals surface area contributed by atoms with Crippen LogP contribution in [0.25, 0.3) is 0 Å². The first-order valence-electron chi connectivity index (χ1n) is 5.03. The van der Waals surface area contributed by atoms with Gasteiger partial charge in [0.15, 0.2) is 0 Å². The van der Waals surface area contributed by atoms with Gasteiger partial charge in [-0.2, -0.15) is 0 Å². The van der Waals surface area contributed by atoms with Crippen LogP contribution < -0.4 is 10.1 Å². The van der Waals surface area contributed by atoms with Gasteiger partial charge in [-0.05, 0) is 18.6 Å². The van der Waals surface area contributed by atoms with Gasteiger partial charge in [0.05, 0.1) is 6.61 Å². The van der Waals surface area contributed by atoms with Crippen LogP contribution in [0.2, 0.25) is 0 Å². The van der Waals surface area contributed by atoms with Gasteiger partial charge in [0.25, 0.3) is 0 Å². The third kappa shape index (κ3) is 3.75. The lowest BCUT2D eigenvalue weighted by molar-refractivity contribution is 0.326. The molecule has 0 aliphatic heterocycles. The number of aromatic nitrogens is 1. The Labute approximate surface area is 85.5 Å². The van der Waals surface area contributed by atoms with E-state index in [2.05, 4.69) is 24.1 Å². The van der Waals surface area contributed by atoms with Crippen LogP contribution in [0, 0.1) is 0 Å². The number of hydrogen-bond acceptors (Lipinski definition) is 3. The van der Waals surface area contributed by atoms with Crippen LogP contribution in [0.4, 0.5) is 0 Å². The second-order valence-corrected chi connectivity index (χ2v) is 3.47. The Hall–Kier alpha value is -1.09. The SMILES string of the molecule is CCOc1cc(CNC(C)C)ccn1. The van der Waals surface area contributed by atoms with Gasteiger partial charge in [0.1, 0.15) is 0 Å². The molecule has 0 aliphatic carbocycles. The summed E-state index contributed by atoms with van der Waals surface area (Å²) in [6.07, 6.45) is 1.78. The van der Waals surface area contributed by atoms with Crippen molar-refractivity contribution in [3.05, 3.63) is 23.9 Å². The molecule has 14 heavy (non-hydrogen) atoms. The van der Waals surface area contributed by atoms with E-state index in [-0.39, 0.29) is 0 Å². The first-order valence-corrected chi connectivity index (χ1v) is 5.03. The average Bonchev–Trinajstić information content (AvgIpc) is 2.16. The van der Waals surface area contributed by atoms with Crippen molar-refractivity contribution in [3.8, 4) is 5.88 Å². The summed E-state index contributed by atoms with van der Waals surface area (Å²) in [5.74, 6) is 0.704. The topological polar surface area (TPSA) is 34.1 Å². The summed E-state index contributed by atoms with van der Waals surface area (Å²) in [6, 6.07) is 4.47. The summed E-state index contributed by atoms with van der Waals surface area (Å²) >= 11 is 0. The normalized spacial score (nSPS) is 10.6. The smallest absolute Gasteiger partial charge is 0.213 e. The number of nitrogens with zero attached hydrogens (tertiary/aromatic N) is 1. The second kappa shape index (κ2) is 5.60. The molecule has 0 fully saturated rings. The van der Waals surface area contributed by atoms with Crippen molar-refractivity contribution in [1.29, 1.82) is 0 Å². The molecule has 3 nitrogen and oxygen atoms in total. The molecule has 0 radical (unpaired) electrons. The maximum atomic E-state index is 5.31. The van der Waals surface area contributed by atoms with Gasteiger partial charge < -0.3 is 10.1 Å². The van der Waals surface area contributed by atoms with Crippen molar-refractivity contribution in [2.45, 2.75) is 33.4 Å². The number of nitrogens with one attached hydrogen (secondary N) is 1. The first-order chi connectivity index (χ1) is 6.72. The fraction of sp³-hybridized carbons (Fsp3) is 0.545. The Morgan fingerprint density at radius 2 is 2.29 bits per heavy atom. The lowest BCUT2D eigenvalue weighted by Gasteiger charge is -2.08. The van der Waals surface area contributed by atoms with Crippen LogP contribution in [0.3, 0.4) is 0 Å². The van der Waals surface area contributed by atoms with Crippen LogP contribution in [0.15, 0.2) is 18.3 Å². The van der Waals surface area contributed by atoms with Gasteiger partial charge in [-0.3, -0.25) is 0 Å². The minimum atomic E-state index is 0.499. The van der Waals surface area contributed by atoms with Crippen molar-refractivity contribution in [1.82, 2.24) is 10.3 Å². The van der Waals surface area contributed by atoms with Gasteiger partial charge in [-0.1, -0.05) is 13.8 Å². The van der Waals surface area contributed by atoms with Gasteiger partial charge in [0, 0.05) is 24.8 Å². The minimum Gasteiger partial charge on any atom is -0.478 e. The highest BCUT2D eigenvalue weighted by Gasteiger charge is 1.98. The third-order valence-electron chi connectivity index (χ3n) is 1.81. The third-order valence-corrected chi connectivity index (χ3v) is 1.81. The molecule has 1 rings (SSSR count). The van der Waals surface area contributed by atoms with E-state index in [1.807, 2.05) is 19.1 Å². The van der Waals surface area contributed by atoms with Gasteiger partial charge in [0.2, 0.25) is 5.88 Å². The van der Waals surface area contributed by atoms with E-state index >= 15 is 0 Å². The van der Waals surface area contributed by atoms with E-state index in [4.69, 9.17) is 4.74 Å². The maximum Gasteiger partial charge on any atom is 0.213 e. The summed E-state index contributed by atoms with van der Waals surface area (Å²) in [6.45, 7) is 7.74. The molecule has 0 saturated carbocycles. The quantitative estimate of drug-likeness (QED) is 0.778. The molecule has 0 saturated heterocycles. The second-order valence-electron chi connectivity index (χ2n) is 3.47. The van der Waals surface area contributed by atoms with Crippen molar-refractivity contribution < 1.29 is 4.74 Å². The highest BCUT2D eigenvalue weighted by molar-refractivity contribution is 5.20. The van der Waals surface area contributed by atoms with Crippen LogP contribution in [-0.4, -0.2) is 17.6 Å². The molecule has 1 N–H and O–H groups in total. The lowest BCUT2D eigenvalue weighted by atomic mass is 10.2. The average molecular weight is 194 g/mol. The van der Waals surface area contributed by atoms with Crippen LogP contribution in [0.5, 0.6) is 5.88 Å². The molecular weight excluding hydrogens is 176 g/mol. The maximum absolute atomic E-state index is 5.31. The van der Waals surface area contributed by atoms with Crippen molar-refractivity contribution in [3.63, 3.8) is 0 Å². The highest BCUT2D eigenvalue weighted by Crippen LogP contribution is 2.08.